The normalized spacial score (nSPS) is 12.2. The first-order valence-corrected chi connectivity index (χ1v) is 8.93. The van der Waals surface area contributed by atoms with Crippen LogP contribution in [-0.2, 0) is 0 Å². The molecule has 5 nitrogen and oxygen atoms in total. The highest BCUT2D eigenvalue weighted by Crippen LogP contribution is 2.33. The van der Waals surface area contributed by atoms with Gasteiger partial charge >= 0.3 is 0 Å². The highest BCUT2D eigenvalue weighted by molar-refractivity contribution is 7.10. The van der Waals surface area contributed by atoms with Crippen molar-refractivity contribution in [3.63, 3.8) is 0 Å². The number of ether oxygens (including phenoxy) is 1. The van der Waals surface area contributed by atoms with Crippen molar-refractivity contribution in [2.75, 3.05) is 19.0 Å². The molecule has 0 saturated heterocycles. The lowest BCUT2D eigenvalue weighted by Crippen LogP contribution is -2.14. The van der Waals surface area contributed by atoms with Gasteiger partial charge in [0, 0.05) is 46.7 Å². The second kappa shape index (κ2) is 6.94. The molecule has 4 rings (SSSR count). The largest absolute Gasteiger partial charge is 0.481 e. The molecule has 0 radical (unpaired) electrons. The maximum Gasteiger partial charge on any atom is 0.225 e. The minimum atomic E-state index is 0.214. The van der Waals surface area contributed by atoms with Crippen LogP contribution in [0.4, 0.5) is 5.95 Å². The lowest BCUT2D eigenvalue weighted by molar-refractivity contribution is 0.397. The molecule has 25 heavy (non-hydrogen) atoms. The van der Waals surface area contributed by atoms with Gasteiger partial charge in [0.25, 0.3) is 0 Å². The lowest BCUT2D eigenvalue weighted by atomic mass is 9.97. The Labute approximate surface area is 149 Å². The number of nitrogens with zero attached hydrogens (tertiary/aromatic N) is 2. The van der Waals surface area contributed by atoms with Gasteiger partial charge in [-0.15, -0.1) is 11.3 Å². The number of aromatic amines is 1. The number of fused-ring (bicyclic) bond motifs is 1. The van der Waals surface area contributed by atoms with Crippen molar-refractivity contribution >= 4 is 28.2 Å². The monoisotopic (exact) mass is 350 g/mol. The Morgan fingerprint density at radius 3 is 2.96 bits per heavy atom. The summed E-state index contributed by atoms with van der Waals surface area (Å²) in [5, 5.41) is 6.71. The number of aromatic nitrogens is 3. The van der Waals surface area contributed by atoms with Crippen molar-refractivity contribution in [1.82, 2.24) is 15.0 Å². The number of para-hydroxylation sites is 1. The number of thiophene rings is 1. The molecular weight excluding hydrogens is 332 g/mol. The molecule has 4 aromatic rings. The third kappa shape index (κ3) is 3.21. The smallest absolute Gasteiger partial charge is 0.225 e. The Balaban J connectivity index is 1.65. The summed E-state index contributed by atoms with van der Waals surface area (Å²) < 4.78 is 5.17. The molecule has 0 aliphatic carbocycles. The summed E-state index contributed by atoms with van der Waals surface area (Å²) in [4.78, 5) is 13.3. The summed E-state index contributed by atoms with van der Waals surface area (Å²) >= 11 is 1.76. The van der Waals surface area contributed by atoms with E-state index in [4.69, 9.17) is 4.74 Å². The Bertz CT molecular complexity index is 964. The van der Waals surface area contributed by atoms with Crippen LogP contribution in [0, 0.1) is 0 Å². The highest BCUT2D eigenvalue weighted by Gasteiger charge is 2.19. The van der Waals surface area contributed by atoms with E-state index in [0.717, 1.165) is 5.52 Å². The molecule has 0 fully saturated rings. The summed E-state index contributed by atoms with van der Waals surface area (Å²) in [6, 6.07) is 14.4. The van der Waals surface area contributed by atoms with E-state index in [2.05, 4.69) is 62.2 Å². The van der Waals surface area contributed by atoms with Gasteiger partial charge in [-0.05, 0) is 23.1 Å². The second-order valence-electron chi connectivity index (χ2n) is 5.66. The average Bonchev–Trinajstić information content (AvgIpc) is 3.33. The van der Waals surface area contributed by atoms with Crippen LogP contribution in [0.2, 0.25) is 0 Å². The molecule has 2 N–H and O–H groups in total. The van der Waals surface area contributed by atoms with E-state index in [1.165, 1.54) is 15.8 Å². The number of nitrogens with one attached hydrogen (secondary N) is 2. The molecule has 126 valence electrons. The molecule has 1 aromatic carbocycles. The standard InChI is InChI=1S/C19H18N4OS/c1-24-18-8-9-20-19(23-18)22-12-15(17-7-4-10-25-17)14-11-21-16-6-3-2-5-13(14)16/h2-11,15,21H,12H2,1H3,(H,20,22,23)/t15-/m0/s1. The first-order chi connectivity index (χ1) is 12.3. The summed E-state index contributed by atoms with van der Waals surface area (Å²) in [6.07, 6.45) is 3.79. The van der Waals surface area contributed by atoms with E-state index in [1.54, 1.807) is 30.7 Å². The van der Waals surface area contributed by atoms with Crippen molar-refractivity contribution in [3.05, 3.63) is 70.7 Å². The van der Waals surface area contributed by atoms with Gasteiger partial charge in [-0.3, -0.25) is 0 Å². The van der Waals surface area contributed by atoms with Crippen molar-refractivity contribution in [1.29, 1.82) is 0 Å². The molecule has 6 heteroatoms. The van der Waals surface area contributed by atoms with Gasteiger partial charge < -0.3 is 15.0 Å². The number of benzene rings is 1. The molecular formula is C19H18N4OS. The van der Waals surface area contributed by atoms with Crippen LogP contribution in [0.25, 0.3) is 10.9 Å². The molecule has 0 amide bonds. The minimum absolute atomic E-state index is 0.214. The quantitative estimate of drug-likeness (QED) is 0.545. The van der Waals surface area contributed by atoms with Crippen LogP contribution in [0.5, 0.6) is 5.88 Å². The predicted molar refractivity (Wildman–Crippen MR) is 102 cm³/mol. The maximum atomic E-state index is 5.17. The Morgan fingerprint density at radius 1 is 1.20 bits per heavy atom. The zero-order valence-electron chi connectivity index (χ0n) is 13.8. The lowest BCUT2D eigenvalue weighted by Gasteiger charge is -2.16. The van der Waals surface area contributed by atoms with Crippen molar-refractivity contribution in [2.24, 2.45) is 0 Å². The zero-order chi connectivity index (χ0) is 17.1. The highest BCUT2D eigenvalue weighted by atomic mass is 32.1. The SMILES string of the molecule is COc1ccnc(NC[C@H](c2cccs2)c2c[nH]c3ccccc23)n1. The van der Waals surface area contributed by atoms with E-state index in [9.17, 15) is 0 Å². The van der Waals surface area contributed by atoms with Crippen molar-refractivity contribution in [2.45, 2.75) is 5.92 Å². The van der Waals surface area contributed by atoms with E-state index < -0.39 is 0 Å². The molecule has 0 aliphatic heterocycles. The zero-order valence-corrected chi connectivity index (χ0v) is 14.6. The fraction of sp³-hybridized carbons (Fsp3) is 0.158. The van der Waals surface area contributed by atoms with Gasteiger partial charge in [0.15, 0.2) is 0 Å². The van der Waals surface area contributed by atoms with Gasteiger partial charge in [0.05, 0.1) is 7.11 Å². The van der Waals surface area contributed by atoms with Crippen molar-refractivity contribution < 1.29 is 4.74 Å². The second-order valence-corrected chi connectivity index (χ2v) is 6.64. The van der Waals surface area contributed by atoms with E-state index in [0.29, 0.717) is 18.4 Å². The number of anilines is 1. The van der Waals surface area contributed by atoms with Crippen LogP contribution >= 0.6 is 11.3 Å². The molecule has 3 heterocycles. The fourth-order valence-corrected chi connectivity index (χ4v) is 3.82. The fourth-order valence-electron chi connectivity index (χ4n) is 2.97. The molecule has 0 saturated carbocycles. The van der Waals surface area contributed by atoms with Crippen LogP contribution in [0.1, 0.15) is 16.4 Å². The van der Waals surface area contributed by atoms with Gasteiger partial charge in [-0.2, -0.15) is 4.98 Å². The molecule has 0 bridgehead atoms. The van der Waals surface area contributed by atoms with Gasteiger partial charge in [-0.25, -0.2) is 4.98 Å². The minimum Gasteiger partial charge on any atom is -0.481 e. The van der Waals surface area contributed by atoms with Gasteiger partial charge in [0.1, 0.15) is 0 Å². The van der Waals surface area contributed by atoms with Crippen molar-refractivity contribution in [3.8, 4) is 5.88 Å². The van der Waals surface area contributed by atoms with E-state index in [-0.39, 0.29) is 5.92 Å². The first kappa shape index (κ1) is 15.7. The topological polar surface area (TPSA) is 62.8 Å². The average molecular weight is 350 g/mol. The molecule has 0 aliphatic rings. The summed E-state index contributed by atoms with van der Waals surface area (Å²) in [5.41, 5.74) is 2.42. The summed E-state index contributed by atoms with van der Waals surface area (Å²) in [6.45, 7) is 0.704. The van der Waals surface area contributed by atoms with Crippen LogP contribution in [-0.4, -0.2) is 28.6 Å². The third-order valence-corrected chi connectivity index (χ3v) is 5.17. The third-order valence-electron chi connectivity index (χ3n) is 4.19. The Morgan fingerprint density at radius 2 is 2.12 bits per heavy atom. The molecule has 3 aromatic heterocycles. The first-order valence-electron chi connectivity index (χ1n) is 8.05. The number of H-pyrrole nitrogens is 1. The van der Waals surface area contributed by atoms with E-state index >= 15 is 0 Å². The summed E-state index contributed by atoms with van der Waals surface area (Å²) in [5.74, 6) is 1.34. The number of methoxy groups -OCH3 is 1. The summed E-state index contributed by atoms with van der Waals surface area (Å²) in [7, 11) is 1.60. The van der Waals surface area contributed by atoms with Gasteiger partial charge in [0.2, 0.25) is 11.8 Å². The number of hydrogen-bond acceptors (Lipinski definition) is 5. The molecule has 0 unspecified atom stereocenters. The maximum absolute atomic E-state index is 5.17. The predicted octanol–water partition coefficient (Wildman–Crippen LogP) is 4.27. The van der Waals surface area contributed by atoms with Crippen LogP contribution < -0.4 is 10.1 Å². The van der Waals surface area contributed by atoms with E-state index in [1.807, 2.05) is 6.07 Å². The molecule has 0 spiro atoms. The Hall–Kier alpha value is -2.86. The van der Waals surface area contributed by atoms with Crippen LogP contribution in [0.3, 0.4) is 0 Å². The number of rotatable bonds is 6. The van der Waals surface area contributed by atoms with Gasteiger partial charge in [-0.1, -0.05) is 24.3 Å². The Kier molecular flexibility index (Phi) is 4.35. The number of hydrogen-bond donors (Lipinski definition) is 2. The molecule has 1 atom stereocenters. The van der Waals surface area contributed by atoms with Crippen LogP contribution in [0.15, 0.2) is 60.2 Å².